The zero-order valence-electron chi connectivity index (χ0n) is 12.3. The van der Waals surface area contributed by atoms with Crippen molar-refractivity contribution in [2.75, 3.05) is 0 Å². The molecule has 0 saturated carbocycles. The van der Waals surface area contributed by atoms with Crippen LogP contribution in [0.2, 0.25) is 0 Å². The predicted molar refractivity (Wildman–Crippen MR) is 71.4 cm³/mol. The van der Waals surface area contributed by atoms with Gasteiger partial charge in [-0.1, -0.05) is 5.57 Å². The highest BCUT2D eigenvalue weighted by atomic mass is 16.6. The highest BCUT2D eigenvalue weighted by molar-refractivity contribution is 5.84. The van der Waals surface area contributed by atoms with Crippen molar-refractivity contribution < 1.29 is 24.2 Å². The Morgan fingerprint density at radius 2 is 1.47 bits per heavy atom. The fraction of sp³-hybridized carbons (Fsp3) is 0.714. The van der Waals surface area contributed by atoms with E-state index in [4.69, 9.17) is 9.47 Å². The number of aliphatic hydroxyl groups is 1. The quantitative estimate of drug-likeness (QED) is 0.565. The van der Waals surface area contributed by atoms with E-state index >= 15 is 0 Å². The van der Waals surface area contributed by atoms with E-state index in [0.29, 0.717) is 5.57 Å². The summed E-state index contributed by atoms with van der Waals surface area (Å²) in [4.78, 5) is 23.5. The first-order valence-electron chi connectivity index (χ1n) is 6.38. The first kappa shape index (κ1) is 17.6. The third kappa shape index (κ3) is 6.96. The second-order valence-corrected chi connectivity index (χ2v) is 5.18. The van der Waals surface area contributed by atoms with Gasteiger partial charge in [-0.05, 0) is 41.0 Å². The molecule has 110 valence electrons. The Labute approximate surface area is 114 Å². The minimum atomic E-state index is -1.54. The summed E-state index contributed by atoms with van der Waals surface area (Å²) in [6.45, 7) is 12.2. The van der Waals surface area contributed by atoms with Crippen molar-refractivity contribution in [3.05, 3.63) is 12.2 Å². The van der Waals surface area contributed by atoms with Crippen molar-refractivity contribution in [2.45, 2.75) is 59.4 Å². The maximum atomic E-state index is 11.9. The van der Waals surface area contributed by atoms with Crippen LogP contribution >= 0.6 is 0 Å². The molecule has 0 bridgehead atoms. The van der Waals surface area contributed by atoms with Crippen LogP contribution in [0.1, 0.15) is 41.0 Å². The second-order valence-electron chi connectivity index (χ2n) is 5.18. The van der Waals surface area contributed by atoms with Gasteiger partial charge in [-0.3, -0.25) is 4.79 Å². The maximum Gasteiger partial charge on any atom is 0.336 e. The van der Waals surface area contributed by atoms with Crippen LogP contribution in [0.4, 0.5) is 0 Å². The van der Waals surface area contributed by atoms with Gasteiger partial charge in [0.2, 0.25) is 0 Å². The molecule has 0 amide bonds. The molecule has 0 radical (unpaired) electrons. The smallest absolute Gasteiger partial charge is 0.336 e. The highest BCUT2D eigenvalue weighted by Gasteiger charge is 2.35. The van der Waals surface area contributed by atoms with Crippen molar-refractivity contribution >= 4 is 11.9 Å². The molecule has 0 aromatic carbocycles. The van der Waals surface area contributed by atoms with E-state index in [1.165, 1.54) is 0 Å². The van der Waals surface area contributed by atoms with Gasteiger partial charge in [0.1, 0.15) is 0 Å². The van der Waals surface area contributed by atoms with E-state index < -0.39 is 24.0 Å². The summed E-state index contributed by atoms with van der Waals surface area (Å²) in [5.41, 5.74) is 0.683. The van der Waals surface area contributed by atoms with Crippen molar-refractivity contribution in [3.63, 3.8) is 0 Å². The Balaban J connectivity index is 4.87. The van der Waals surface area contributed by atoms with Crippen molar-refractivity contribution in [1.29, 1.82) is 0 Å². The average Bonchev–Trinajstić information content (AvgIpc) is 2.22. The van der Waals surface area contributed by atoms with Crippen LogP contribution in [-0.2, 0) is 19.1 Å². The molecule has 0 aromatic rings. The monoisotopic (exact) mass is 272 g/mol. The largest absolute Gasteiger partial charge is 0.463 e. The SMILES string of the molecule is C=C(C)CC(C(=O)OC(C)C)[C@H](O)C(=O)OC(C)C. The molecule has 0 heterocycles. The van der Waals surface area contributed by atoms with Gasteiger partial charge in [-0.15, -0.1) is 6.58 Å². The molecule has 5 nitrogen and oxygen atoms in total. The van der Waals surface area contributed by atoms with Crippen LogP contribution < -0.4 is 0 Å². The molecule has 0 aliphatic rings. The number of esters is 2. The number of allylic oxidation sites excluding steroid dienone is 1. The van der Waals surface area contributed by atoms with Gasteiger partial charge in [0.25, 0.3) is 0 Å². The van der Waals surface area contributed by atoms with Gasteiger partial charge in [0.05, 0.1) is 18.1 Å². The highest BCUT2D eigenvalue weighted by Crippen LogP contribution is 2.19. The molecule has 5 heteroatoms. The molecule has 2 atom stereocenters. The third-order valence-electron chi connectivity index (χ3n) is 2.20. The summed E-state index contributed by atoms with van der Waals surface area (Å²) < 4.78 is 9.94. The van der Waals surface area contributed by atoms with Crippen LogP contribution in [0.5, 0.6) is 0 Å². The Morgan fingerprint density at radius 3 is 1.84 bits per heavy atom. The number of hydrogen-bond donors (Lipinski definition) is 1. The summed E-state index contributed by atoms with van der Waals surface area (Å²) in [6.07, 6.45) is -2.02. The minimum absolute atomic E-state index is 0.180. The number of rotatable bonds is 7. The number of carbonyl (C=O) groups excluding carboxylic acids is 2. The Hall–Kier alpha value is -1.36. The van der Waals surface area contributed by atoms with Crippen molar-refractivity contribution in [3.8, 4) is 0 Å². The van der Waals surface area contributed by atoms with E-state index in [0.717, 1.165) is 0 Å². The average molecular weight is 272 g/mol. The molecule has 0 aliphatic heterocycles. The van der Waals surface area contributed by atoms with Crippen molar-refractivity contribution in [1.82, 2.24) is 0 Å². The maximum absolute atomic E-state index is 11.9. The molecule has 0 rings (SSSR count). The molecule has 1 N–H and O–H groups in total. The van der Waals surface area contributed by atoms with Gasteiger partial charge in [-0.25, -0.2) is 4.79 Å². The molecule has 0 aromatic heterocycles. The van der Waals surface area contributed by atoms with Crippen LogP contribution in [-0.4, -0.2) is 35.4 Å². The summed E-state index contributed by atoms with van der Waals surface area (Å²) in [5.74, 6) is -2.42. The second kappa shape index (κ2) is 7.94. The Morgan fingerprint density at radius 1 is 1.05 bits per heavy atom. The van der Waals surface area contributed by atoms with E-state index in [2.05, 4.69) is 6.58 Å². The molecule has 0 aliphatic carbocycles. The lowest BCUT2D eigenvalue weighted by molar-refractivity contribution is -0.170. The van der Waals surface area contributed by atoms with Gasteiger partial charge in [0.15, 0.2) is 6.10 Å². The first-order valence-corrected chi connectivity index (χ1v) is 6.38. The lowest BCUT2D eigenvalue weighted by atomic mass is 9.95. The van der Waals surface area contributed by atoms with Crippen LogP contribution in [0.3, 0.4) is 0 Å². The number of carbonyl (C=O) groups is 2. The summed E-state index contributed by atoms with van der Waals surface area (Å²) >= 11 is 0. The fourth-order valence-corrected chi connectivity index (χ4v) is 1.49. The molecule has 0 spiro atoms. The van der Waals surface area contributed by atoms with Crippen LogP contribution in [0.25, 0.3) is 0 Å². The van der Waals surface area contributed by atoms with Gasteiger partial charge in [0, 0.05) is 0 Å². The molecule has 0 fully saturated rings. The normalized spacial score (nSPS) is 14.1. The van der Waals surface area contributed by atoms with Gasteiger partial charge < -0.3 is 14.6 Å². The standard InChI is InChI=1S/C14H24O5/c1-8(2)7-11(13(16)18-9(3)4)12(15)14(17)19-10(5)6/h9-12,15H,1,7H2,2-6H3/t11?,12-/m0/s1. The van der Waals surface area contributed by atoms with Crippen LogP contribution in [0.15, 0.2) is 12.2 Å². The fourth-order valence-electron chi connectivity index (χ4n) is 1.49. The topological polar surface area (TPSA) is 72.8 Å². The van der Waals surface area contributed by atoms with Gasteiger partial charge in [-0.2, -0.15) is 0 Å². The van der Waals surface area contributed by atoms with E-state index in [1.807, 2.05) is 0 Å². The van der Waals surface area contributed by atoms with E-state index in [-0.39, 0.29) is 18.6 Å². The number of ether oxygens (including phenoxy) is 2. The number of aliphatic hydroxyl groups excluding tert-OH is 1. The lowest BCUT2D eigenvalue weighted by Crippen LogP contribution is -2.39. The molecular formula is C14H24O5. The Kier molecular flexibility index (Phi) is 7.37. The number of hydrogen-bond acceptors (Lipinski definition) is 5. The zero-order chi connectivity index (χ0) is 15.2. The van der Waals surface area contributed by atoms with Gasteiger partial charge >= 0.3 is 11.9 Å². The van der Waals surface area contributed by atoms with Crippen molar-refractivity contribution in [2.24, 2.45) is 5.92 Å². The summed E-state index contributed by atoms with van der Waals surface area (Å²) in [5, 5.41) is 9.94. The molecule has 0 saturated heterocycles. The zero-order valence-corrected chi connectivity index (χ0v) is 12.3. The minimum Gasteiger partial charge on any atom is -0.463 e. The molecular weight excluding hydrogens is 248 g/mol. The predicted octanol–water partition coefficient (Wildman–Crippen LogP) is 1.83. The molecule has 1 unspecified atom stereocenters. The van der Waals surface area contributed by atoms with Crippen LogP contribution in [0, 0.1) is 5.92 Å². The van der Waals surface area contributed by atoms with E-state index in [1.54, 1.807) is 34.6 Å². The molecule has 19 heavy (non-hydrogen) atoms. The first-order chi connectivity index (χ1) is 8.65. The van der Waals surface area contributed by atoms with E-state index in [9.17, 15) is 14.7 Å². The lowest BCUT2D eigenvalue weighted by Gasteiger charge is -2.22. The summed E-state index contributed by atoms with van der Waals surface area (Å²) in [6, 6.07) is 0. The third-order valence-corrected chi connectivity index (χ3v) is 2.20. The Bertz CT molecular complexity index is 333. The summed E-state index contributed by atoms with van der Waals surface area (Å²) in [7, 11) is 0.